The molecule has 0 amide bonds. The van der Waals surface area contributed by atoms with E-state index in [0.29, 0.717) is 5.82 Å². The van der Waals surface area contributed by atoms with Gasteiger partial charge < -0.3 is 4.98 Å². The first kappa shape index (κ1) is 10.5. The summed E-state index contributed by atoms with van der Waals surface area (Å²) < 4.78 is 0. The lowest BCUT2D eigenvalue weighted by Gasteiger charge is -2.05. The standard InChI is InChI=1S/C12H11N3OS/c1-7-4-13-3-2-8(7)11-14-10-6-17-5-9(10)12(16)15-11/h2-4H,5-6H2,1H3,(H,14,15,16). The minimum atomic E-state index is -0.00814. The molecule has 0 atom stereocenters. The van der Waals surface area contributed by atoms with Crippen molar-refractivity contribution in [3.05, 3.63) is 45.6 Å². The Balaban J connectivity index is 2.20. The Kier molecular flexibility index (Phi) is 2.48. The van der Waals surface area contributed by atoms with Gasteiger partial charge in [0.1, 0.15) is 5.82 Å². The summed E-state index contributed by atoms with van der Waals surface area (Å²) in [5, 5.41) is 0. The van der Waals surface area contributed by atoms with E-state index < -0.39 is 0 Å². The van der Waals surface area contributed by atoms with Crippen LogP contribution in [0.2, 0.25) is 0 Å². The summed E-state index contributed by atoms with van der Waals surface area (Å²) in [6, 6.07) is 1.88. The average Bonchev–Trinajstić information content (AvgIpc) is 2.78. The van der Waals surface area contributed by atoms with Gasteiger partial charge in [-0.05, 0) is 18.6 Å². The number of hydrogen-bond acceptors (Lipinski definition) is 4. The second-order valence-corrected chi connectivity index (χ2v) is 5.01. The van der Waals surface area contributed by atoms with Crippen molar-refractivity contribution in [2.75, 3.05) is 0 Å². The van der Waals surface area contributed by atoms with Crippen LogP contribution in [0.4, 0.5) is 0 Å². The number of thioether (sulfide) groups is 1. The molecule has 2 aromatic rings. The third-order valence-electron chi connectivity index (χ3n) is 2.86. The number of nitrogens with zero attached hydrogens (tertiary/aromatic N) is 2. The van der Waals surface area contributed by atoms with E-state index >= 15 is 0 Å². The van der Waals surface area contributed by atoms with Gasteiger partial charge in [0, 0.05) is 35.0 Å². The van der Waals surface area contributed by atoms with E-state index in [1.54, 1.807) is 24.2 Å². The van der Waals surface area contributed by atoms with Gasteiger partial charge in [0.05, 0.1) is 5.69 Å². The topological polar surface area (TPSA) is 58.6 Å². The lowest BCUT2D eigenvalue weighted by molar-refractivity contribution is 1.03. The molecule has 0 aliphatic carbocycles. The van der Waals surface area contributed by atoms with E-state index in [0.717, 1.165) is 33.9 Å². The van der Waals surface area contributed by atoms with Gasteiger partial charge in [0.2, 0.25) is 0 Å². The first-order chi connectivity index (χ1) is 8.25. The van der Waals surface area contributed by atoms with E-state index in [4.69, 9.17) is 0 Å². The predicted octanol–water partition coefficient (Wildman–Crippen LogP) is 1.89. The Morgan fingerprint density at radius 2 is 2.29 bits per heavy atom. The average molecular weight is 245 g/mol. The van der Waals surface area contributed by atoms with E-state index in [2.05, 4.69) is 15.0 Å². The lowest BCUT2D eigenvalue weighted by atomic mass is 10.1. The zero-order valence-corrected chi connectivity index (χ0v) is 10.2. The Hall–Kier alpha value is -1.62. The van der Waals surface area contributed by atoms with Crippen LogP contribution in [0, 0.1) is 6.92 Å². The summed E-state index contributed by atoms with van der Waals surface area (Å²) >= 11 is 1.73. The zero-order valence-electron chi connectivity index (χ0n) is 9.36. The fourth-order valence-corrected chi connectivity index (χ4v) is 2.97. The number of fused-ring (bicyclic) bond motifs is 1. The van der Waals surface area contributed by atoms with Crippen molar-refractivity contribution in [3.63, 3.8) is 0 Å². The molecule has 0 fully saturated rings. The van der Waals surface area contributed by atoms with Crippen LogP contribution in [0.1, 0.15) is 16.8 Å². The maximum Gasteiger partial charge on any atom is 0.255 e. The molecule has 0 saturated carbocycles. The largest absolute Gasteiger partial charge is 0.306 e. The lowest BCUT2D eigenvalue weighted by Crippen LogP contribution is -2.15. The highest BCUT2D eigenvalue weighted by atomic mass is 32.2. The van der Waals surface area contributed by atoms with Gasteiger partial charge in [-0.1, -0.05) is 0 Å². The minimum Gasteiger partial charge on any atom is -0.306 e. The van der Waals surface area contributed by atoms with Gasteiger partial charge >= 0.3 is 0 Å². The molecule has 0 aromatic carbocycles. The van der Waals surface area contributed by atoms with Crippen molar-refractivity contribution < 1.29 is 0 Å². The third-order valence-corrected chi connectivity index (χ3v) is 3.83. The number of pyridine rings is 1. The highest BCUT2D eigenvalue weighted by Crippen LogP contribution is 2.27. The molecule has 4 nitrogen and oxygen atoms in total. The molecular weight excluding hydrogens is 234 g/mol. The van der Waals surface area contributed by atoms with Gasteiger partial charge in [-0.3, -0.25) is 9.78 Å². The number of H-pyrrole nitrogens is 1. The summed E-state index contributed by atoms with van der Waals surface area (Å²) in [5.74, 6) is 2.25. The van der Waals surface area contributed by atoms with E-state index in [1.807, 2.05) is 13.0 Å². The van der Waals surface area contributed by atoms with Gasteiger partial charge in [-0.25, -0.2) is 4.98 Å². The number of aryl methyl sites for hydroxylation is 1. The molecule has 3 heterocycles. The van der Waals surface area contributed by atoms with Crippen molar-refractivity contribution in [3.8, 4) is 11.4 Å². The SMILES string of the molecule is Cc1cnccc1-c1nc2c(c(=O)[nH]1)CSC2. The molecule has 0 saturated heterocycles. The third kappa shape index (κ3) is 1.76. The predicted molar refractivity (Wildman–Crippen MR) is 67.8 cm³/mol. The monoisotopic (exact) mass is 245 g/mol. The molecular formula is C12H11N3OS. The summed E-state index contributed by atoms with van der Waals surface area (Å²) in [7, 11) is 0. The van der Waals surface area contributed by atoms with Crippen LogP contribution >= 0.6 is 11.8 Å². The summed E-state index contributed by atoms with van der Waals surface area (Å²) in [5.41, 5.74) is 3.69. The van der Waals surface area contributed by atoms with Crippen LogP contribution in [0.5, 0.6) is 0 Å². The molecule has 3 rings (SSSR count). The van der Waals surface area contributed by atoms with Crippen molar-refractivity contribution >= 4 is 11.8 Å². The molecule has 86 valence electrons. The van der Waals surface area contributed by atoms with E-state index in [1.165, 1.54) is 0 Å². The van der Waals surface area contributed by atoms with Gasteiger partial charge in [-0.2, -0.15) is 11.8 Å². The van der Waals surface area contributed by atoms with Crippen molar-refractivity contribution in [1.29, 1.82) is 0 Å². The van der Waals surface area contributed by atoms with Crippen LogP contribution in [-0.4, -0.2) is 15.0 Å². The molecule has 0 bridgehead atoms. The fourth-order valence-electron chi connectivity index (χ4n) is 1.93. The van der Waals surface area contributed by atoms with Gasteiger partial charge in [0.15, 0.2) is 0 Å². The highest BCUT2D eigenvalue weighted by molar-refractivity contribution is 7.98. The Bertz CT molecular complexity index is 636. The summed E-state index contributed by atoms with van der Waals surface area (Å²) in [4.78, 5) is 23.3. The summed E-state index contributed by atoms with van der Waals surface area (Å²) in [6.45, 7) is 1.96. The van der Waals surface area contributed by atoms with Crippen LogP contribution in [0.15, 0.2) is 23.3 Å². The van der Waals surface area contributed by atoms with Crippen LogP contribution in [0.25, 0.3) is 11.4 Å². The molecule has 1 N–H and O–H groups in total. The molecule has 0 radical (unpaired) electrons. The summed E-state index contributed by atoms with van der Waals surface area (Å²) in [6.07, 6.45) is 3.49. The van der Waals surface area contributed by atoms with Gasteiger partial charge in [0.25, 0.3) is 5.56 Å². The maximum atomic E-state index is 11.9. The Labute approximate surface area is 103 Å². The highest BCUT2D eigenvalue weighted by Gasteiger charge is 2.18. The minimum absolute atomic E-state index is 0.00814. The first-order valence-corrected chi connectivity index (χ1v) is 6.52. The molecule has 17 heavy (non-hydrogen) atoms. The Morgan fingerprint density at radius 3 is 3.12 bits per heavy atom. The van der Waals surface area contributed by atoms with Crippen LogP contribution in [-0.2, 0) is 11.5 Å². The van der Waals surface area contributed by atoms with Crippen molar-refractivity contribution in [2.24, 2.45) is 0 Å². The molecule has 0 spiro atoms. The van der Waals surface area contributed by atoms with Gasteiger partial charge in [-0.15, -0.1) is 0 Å². The second-order valence-electron chi connectivity index (χ2n) is 4.02. The molecule has 2 aromatic heterocycles. The molecule has 1 aliphatic rings. The molecule has 5 heteroatoms. The number of aromatic nitrogens is 3. The molecule has 0 unspecified atom stereocenters. The van der Waals surface area contributed by atoms with E-state index in [-0.39, 0.29) is 5.56 Å². The normalized spacial score (nSPS) is 13.7. The zero-order chi connectivity index (χ0) is 11.8. The maximum absolute atomic E-state index is 11.9. The molecule has 1 aliphatic heterocycles. The van der Waals surface area contributed by atoms with E-state index in [9.17, 15) is 4.79 Å². The number of rotatable bonds is 1. The second kappa shape index (κ2) is 4.00. The quantitative estimate of drug-likeness (QED) is 0.833. The van der Waals surface area contributed by atoms with Crippen LogP contribution in [0.3, 0.4) is 0 Å². The smallest absolute Gasteiger partial charge is 0.255 e. The van der Waals surface area contributed by atoms with Crippen molar-refractivity contribution in [1.82, 2.24) is 15.0 Å². The number of aromatic amines is 1. The number of hydrogen-bond donors (Lipinski definition) is 1. The van der Waals surface area contributed by atoms with Crippen LogP contribution < -0.4 is 5.56 Å². The van der Waals surface area contributed by atoms with Crippen molar-refractivity contribution in [2.45, 2.75) is 18.4 Å². The first-order valence-electron chi connectivity index (χ1n) is 5.36. The Morgan fingerprint density at radius 1 is 1.41 bits per heavy atom. The fraction of sp³-hybridized carbons (Fsp3) is 0.250. The number of nitrogens with one attached hydrogen (secondary N) is 1.